The Morgan fingerprint density at radius 3 is 2.80 bits per heavy atom. The Morgan fingerprint density at radius 1 is 1.40 bits per heavy atom. The first-order chi connectivity index (χ1) is 7.24. The van der Waals surface area contributed by atoms with Crippen LogP contribution in [0.5, 0.6) is 0 Å². The molecule has 0 aromatic heterocycles. The number of amides is 1. The molecule has 0 saturated heterocycles. The van der Waals surface area contributed by atoms with E-state index in [1.165, 1.54) is 0 Å². The van der Waals surface area contributed by atoms with Crippen LogP contribution in [0.15, 0.2) is 28.7 Å². The third-order valence-corrected chi connectivity index (χ3v) is 2.61. The van der Waals surface area contributed by atoms with E-state index in [1.54, 1.807) is 0 Å². The molecule has 0 aliphatic rings. The number of nitrogens with one attached hydrogen (secondary N) is 2. The number of carbonyl (C=O) groups is 1. The molecule has 0 fully saturated rings. The Balaban J connectivity index is 2.32. The molecule has 15 heavy (non-hydrogen) atoms. The predicted molar refractivity (Wildman–Crippen MR) is 65.9 cm³/mol. The molecule has 0 heterocycles. The van der Waals surface area contributed by atoms with Crippen LogP contribution in [0.25, 0.3) is 0 Å². The average Bonchev–Trinajstić information content (AvgIpc) is 2.21. The standard InChI is InChI=1S/C11H15BrN2O/c1-2-13-11(15)7-8-14-10-6-4-3-5-9(10)12/h3-6,14H,2,7-8H2,1H3,(H,13,15). The highest BCUT2D eigenvalue weighted by molar-refractivity contribution is 9.10. The van der Waals surface area contributed by atoms with Crippen molar-refractivity contribution in [3.05, 3.63) is 28.7 Å². The van der Waals surface area contributed by atoms with Crippen LogP contribution in [0.4, 0.5) is 5.69 Å². The molecule has 3 nitrogen and oxygen atoms in total. The van der Waals surface area contributed by atoms with Crippen LogP contribution in [0.1, 0.15) is 13.3 Å². The van der Waals surface area contributed by atoms with E-state index in [9.17, 15) is 4.79 Å². The third-order valence-electron chi connectivity index (χ3n) is 1.92. The lowest BCUT2D eigenvalue weighted by Gasteiger charge is -2.07. The zero-order valence-corrected chi connectivity index (χ0v) is 10.3. The highest BCUT2D eigenvalue weighted by Gasteiger charge is 2.00. The molecule has 1 rings (SSSR count). The van der Waals surface area contributed by atoms with Crippen molar-refractivity contribution in [1.82, 2.24) is 5.32 Å². The fourth-order valence-corrected chi connectivity index (χ4v) is 1.63. The molecule has 0 unspecified atom stereocenters. The molecule has 82 valence electrons. The van der Waals surface area contributed by atoms with Crippen molar-refractivity contribution in [3.8, 4) is 0 Å². The number of hydrogen-bond acceptors (Lipinski definition) is 2. The molecule has 1 aromatic carbocycles. The van der Waals surface area contributed by atoms with Gasteiger partial charge in [-0.2, -0.15) is 0 Å². The van der Waals surface area contributed by atoms with Gasteiger partial charge < -0.3 is 10.6 Å². The van der Waals surface area contributed by atoms with Gasteiger partial charge in [0.25, 0.3) is 0 Å². The van der Waals surface area contributed by atoms with Crippen LogP contribution in [0.3, 0.4) is 0 Å². The van der Waals surface area contributed by atoms with E-state index in [1.807, 2.05) is 31.2 Å². The van der Waals surface area contributed by atoms with Gasteiger partial charge in [0.1, 0.15) is 0 Å². The number of rotatable bonds is 5. The summed E-state index contributed by atoms with van der Waals surface area (Å²) in [7, 11) is 0. The zero-order valence-electron chi connectivity index (χ0n) is 8.72. The topological polar surface area (TPSA) is 41.1 Å². The van der Waals surface area contributed by atoms with Gasteiger partial charge in [-0.15, -0.1) is 0 Å². The van der Waals surface area contributed by atoms with Gasteiger partial charge in [-0.3, -0.25) is 4.79 Å². The first kappa shape index (κ1) is 12.0. The molecular formula is C11H15BrN2O. The first-order valence-electron chi connectivity index (χ1n) is 4.99. The van der Waals surface area contributed by atoms with E-state index in [4.69, 9.17) is 0 Å². The van der Waals surface area contributed by atoms with Gasteiger partial charge >= 0.3 is 0 Å². The van der Waals surface area contributed by atoms with Crippen LogP contribution in [0, 0.1) is 0 Å². The number of halogens is 1. The first-order valence-corrected chi connectivity index (χ1v) is 5.78. The Hall–Kier alpha value is -1.03. The van der Waals surface area contributed by atoms with E-state index in [-0.39, 0.29) is 5.91 Å². The molecular weight excluding hydrogens is 256 g/mol. The smallest absolute Gasteiger partial charge is 0.221 e. The minimum atomic E-state index is 0.0806. The molecule has 2 N–H and O–H groups in total. The maximum Gasteiger partial charge on any atom is 0.221 e. The molecule has 0 aliphatic heterocycles. The van der Waals surface area contributed by atoms with E-state index in [0.29, 0.717) is 19.5 Å². The lowest BCUT2D eigenvalue weighted by Crippen LogP contribution is -2.24. The van der Waals surface area contributed by atoms with Crippen LogP contribution in [-0.2, 0) is 4.79 Å². The normalized spacial score (nSPS) is 9.73. The Labute approximate surface area is 98.4 Å². The maximum atomic E-state index is 11.2. The second-order valence-electron chi connectivity index (χ2n) is 3.11. The maximum absolute atomic E-state index is 11.2. The molecule has 4 heteroatoms. The summed E-state index contributed by atoms with van der Waals surface area (Å²) in [6.45, 7) is 3.25. The van der Waals surface area contributed by atoms with Crippen molar-refractivity contribution in [1.29, 1.82) is 0 Å². The van der Waals surface area contributed by atoms with Gasteiger partial charge in [0.15, 0.2) is 0 Å². The second-order valence-corrected chi connectivity index (χ2v) is 3.96. The number of para-hydroxylation sites is 1. The fraction of sp³-hybridized carbons (Fsp3) is 0.364. The third kappa shape index (κ3) is 4.34. The van der Waals surface area contributed by atoms with E-state index < -0.39 is 0 Å². The Kier molecular flexibility index (Phi) is 5.18. The fourth-order valence-electron chi connectivity index (χ4n) is 1.20. The summed E-state index contributed by atoms with van der Waals surface area (Å²) >= 11 is 3.43. The van der Waals surface area contributed by atoms with Crippen LogP contribution in [0.2, 0.25) is 0 Å². The van der Waals surface area contributed by atoms with Crippen molar-refractivity contribution in [2.45, 2.75) is 13.3 Å². The minimum absolute atomic E-state index is 0.0806. The SMILES string of the molecule is CCNC(=O)CCNc1ccccc1Br. The van der Waals surface area contributed by atoms with Crippen LogP contribution >= 0.6 is 15.9 Å². The number of benzene rings is 1. The van der Waals surface area contributed by atoms with Crippen molar-refractivity contribution in [2.75, 3.05) is 18.4 Å². The van der Waals surface area contributed by atoms with Crippen LogP contribution < -0.4 is 10.6 Å². The van der Waals surface area contributed by atoms with Gasteiger partial charge in [0.05, 0.1) is 0 Å². The average molecular weight is 271 g/mol. The quantitative estimate of drug-likeness (QED) is 0.863. The summed E-state index contributed by atoms with van der Waals surface area (Å²) < 4.78 is 1.01. The molecule has 0 aliphatic carbocycles. The van der Waals surface area contributed by atoms with Gasteiger partial charge in [0, 0.05) is 29.7 Å². The van der Waals surface area contributed by atoms with Crippen molar-refractivity contribution in [3.63, 3.8) is 0 Å². The van der Waals surface area contributed by atoms with Gasteiger partial charge in [-0.05, 0) is 35.0 Å². The largest absolute Gasteiger partial charge is 0.384 e. The van der Waals surface area contributed by atoms with E-state index >= 15 is 0 Å². The second kappa shape index (κ2) is 6.45. The predicted octanol–water partition coefficient (Wildman–Crippen LogP) is 2.39. The molecule has 0 bridgehead atoms. The molecule has 1 amide bonds. The van der Waals surface area contributed by atoms with Gasteiger partial charge in [-0.25, -0.2) is 0 Å². The summed E-state index contributed by atoms with van der Waals surface area (Å²) in [6.07, 6.45) is 0.495. The summed E-state index contributed by atoms with van der Waals surface area (Å²) in [5, 5.41) is 5.95. The summed E-state index contributed by atoms with van der Waals surface area (Å²) in [5.74, 6) is 0.0806. The van der Waals surface area contributed by atoms with Crippen LogP contribution in [-0.4, -0.2) is 19.0 Å². The minimum Gasteiger partial charge on any atom is -0.384 e. The number of anilines is 1. The highest BCUT2D eigenvalue weighted by Crippen LogP contribution is 2.20. The molecule has 1 aromatic rings. The molecule has 0 spiro atoms. The van der Waals surface area contributed by atoms with E-state index in [0.717, 1.165) is 10.2 Å². The van der Waals surface area contributed by atoms with Crippen molar-refractivity contribution in [2.24, 2.45) is 0 Å². The summed E-state index contributed by atoms with van der Waals surface area (Å²) in [6, 6.07) is 7.86. The van der Waals surface area contributed by atoms with Gasteiger partial charge in [-0.1, -0.05) is 12.1 Å². The van der Waals surface area contributed by atoms with Crippen molar-refractivity contribution < 1.29 is 4.79 Å². The summed E-state index contributed by atoms with van der Waals surface area (Å²) in [5.41, 5.74) is 1.02. The lowest BCUT2D eigenvalue weighted by molar-refractivity contribution is -0.120. The Bertz CT molecular complexity index is 328. The monoisotopic (exact) mass is 270 g/mol. The molecule has 0 saturated carbocycles. The van der Waals surface area contributed by atoms with Crippen molar-refractivity contribution >= 4 is 27.5 Å². The number of hydrogen-bond donors (Lipinski definition) is 2. The Morgan fingerprint density at radius 2 is 2.13 bits per heavy atom. The lowest BCUT2D eigenvalue weighted by atomic mass is 10.3. The van der Waals surface area contributed by atoms with Gasteiger partial charge in [0.2, 0.25) is 5.91 Å². The summed E-state index contributed by atoms with van der Waals surface area (Å²) in [4.78, 5) is 11.2. The molecule has 0 radical (unpaired) electrons. The highest BCUT2D eigenvalue weighted by atomic mass is 79.9. The van der Waals surface area contributed by atoms with E-state index in [2.05, 4.69) is 26.6 Å². The molecule has 0 atom stereocenters. The zero-order chi connectivity index (χ0) is 11.1. The number of carbonyl (C=O) groups excluding carboxylic acids is 1.